The molecule has 1 saturated heterocycles. The van der Waals surface area contributed by atoms with Gasteiger partial charge in [0.1, 0.15) is 11.5 Å². The van der Waals surface area contributed by atoms with Gasteiger partial charge in [-0.3, -0.25) is 4.79 Å². The smallest absolute Gasteiger partial charge is 0.336 e. The van der Waals surface area contributed by atoms with Crippen LogP contribution in [-0.4, -0.2) is 53.4 Å². The molecule has 1 N–H and O–H groups in total. The van der Waals surface area contributed by atoms with Crippen LogP contribution in [0.2, 0.25) is 0 Å². The van der Waals surface area contributed by atoms with Crippen molar-refractivity contribution in [2.75, 3.05) is 26.3 Å². The van der Waals surface area contributed by atoms with E-state index in [0.29, 0.717) is 53.5 Å². The first-order valence-electron chi connectivity index (χ1n) is 8.39. The summed E-state index contributed by atoms with van der Waals surface area (Å²) >= 11 is 1.31. The fourth-order valence-electron chi connectivity index (χ4n) is 2.88. The molecule has 1 aromatic heterocycles. The minimum atomic E-state index is -1.02. The zero-order valence-electron chi connectivity index (χ0n) is 14.3. The highest BCUT2D eigenvalue weighted by Gasteiger charge is 2.27. The van der Waals surface area contributed by atoms with Gasteiger partial charge in [0.2, 0.25) is 0 Å². The third-order valence-electron chi connectivity index (χ3n) is 4.21. The van der Waals surface area contributed by atoms with Crippen molar-refractivity contribution in [1.29, 1.82) is 0 Å². The Kier molecular flexibility index (Phi) is 4.83. The average molecular weight is 384 g/mol. The van der Waals surface area contributed by atoms with Crippen LogP contribution in [0.3, 0.4) is 0 Å². The molecule has 2 aromatic rings. The number of amidine groups is 1. The molecule has 0 atom stereocenters. The lowest BCUT2D eigenvalue weighted by Gasteiger charge is -2.27. The number of rotatable bonds is 3. The Labute approximate surface area is 159 Å². The first kappa shape index (κ1) is 17.6. The van der Waals surface area contributed by atoms with Crippen molar-refractivity contribution >= 4 is 34.9 Å². The average Bonchev–Trinajstić information content (AvgIpc) is 3.30. The van der Waals surface area contributed by atoms with Gasteiger partial charge in [0.05, 0.1) is 23.7 Å². The van der Waals surface area contributed by atoms with Crippen LogP contribution in [-0.2, 0) is 9.53 Å². The second-order valence-corrected chi connectivity index (χ2v) is 6.97. The Bertz CT molecular complexity index is 957. The normalized spacial score (nSPS) is 18.8. The summed E-state index contributed by atoms with van der Waals surface area (Å²) in [6, 6.07) is 10.0. The zero-order chi connectivity index (χ0) is 18.8. The SMILES string of the molecule is O=C1N=C(N2CCOCC2)S/C1=C/c1ccc(-c2ccccc2C(=O)O)o1. The standard InChI is InChI=1S/C19H16N2O5S/c22-17-16(27-19(20-17)21-7-9-25-10-8-21)11-12-5-6-15(26-12)13-3-1-2-4-14(13)18(23)24/h1-6,11H,7-10H2,(H,23,24)/b16-11+. The number of amides is 1. The third kappa shape index (κ3) is 3.67. The van der Waals surface area contributed by atoms with Crippen molar-refractivity contribution in [3.8, 4) is 11.3 Å². The maximum atomic E-state index is 12.2. The summed E-state index contributed by atoms with van der Waals surface area (Å²) in [5.41, 5.74) is 0.653. The molecule has 1 aromatic carbocycles. The number of hydrogen-bond donors (Lipinski definition) is 1. The Morgan fingerprint density at radius 3 is 2.74 bits per heavy atom. The van der Waals surface area contributed by atoms with Gasteiger partial charge in [-0.15, -0.1) is 0 Å². The molecule has 2 aliphatic rings. The number of nitrogens with zero attached hydrogens (tertiary/aromatic N) is 2. The molecule has 0 spiro atoms. The molecule has 27 heavy (non-hydrogen) atoms. The number of ether oxygens (including phenoxy) is 1. The van der Waals surface area contributed by atoms with Crippen LogP contribution in [0.1, 0.15) is 16.1 Å². The number of aromatic carboxylic acids is 1. The number of morpholine rings is 1. The summed E-state index contributed by atoms with van der Waals surface area (Å²) in [5, 5.41) is 10.00. The highest BCUT2D eigenvalue weighted by molar-refractivity contribution is 8.18. The number of thioether (sulfide) groups is 1. The van der Waals surface area contributed by atoms with Crippen molar-refractivity contribution in [2.45, 2.75) is 0 Å². The predicted molar refractivity (Wildman–Crippen MR) is 102 cm³/mol. The van der Waals surface area contributed by atoms with Crippen LogP contribution in [0.4, 0.5) is 0 Å². The van der Waals surface area contributed by atoms with Gasteiger partial charge in [0, 0.05) is 24.7 Å². The van der Waals surface area contributed by atoms with Crippen molar-refractivity contribution in [3.05, 3.63) is 52.6 Å². The summed E-state index contributed by atoms with van der Waals surface area (Å²) in [6.07, 6.45) is 1.64. The van der Waals surface area contributed by atoms with E-state index in [0.717, 1.165) is 0 Å². The molecular formula is C19H16N2O5S. The van der Waals surface area contributed by atoms with Gasteiger partial charge in [-0.25, -0.2) is 4.79 Å². The topological polar surface area (TPSA) is 92.3 Å². The lowest BCUT2D eigenvalue weighted by Crippen LogP contribution is -2.38. The molecule has 138 valence electrons. The lowest BCUT2D eigenvalue weighted by molar-refractivity contribution is -0.113. The number of carboxylic acids is 1. The van der Waals surface area contributed by atoms with Crippen LogP contribution in [0.25, 0.3) is 17.4 Å². The highest BCUT2D eigenvalue weighted by atomic mass is 32.2. The fourth-order valence-corrected chi connectivity index (χ4v) is 3.82. The molecule has 7 nitrogen and oxygen atoms in total. The largest absolute Gasteiger partial charge is 0.478 e. The first-order valence-corrected chi connectivity index (χ1v) is 9.21. The van der Waals surface area contributed by atoms with Crippen LogP contribution >= 0.6 is 11.8 Å². The third-order valence-corrected chi connectivity index (χ3v) is 5.26. The van der Waals surface area contributed by atoms with E-state index in [2.05, 4.69) is 4.99 Å². The Morgan fingerprint density at radius 1 is 1.19 bits per heavy atom. The maximum absolute atomic E-state index is 12.2. The molecule has 0 radical (unpaired) electrons. The van der Waals surface area contributed by atoms with Crippen molar-refractivity contribution in [1.82, 2.24) is 4.90 Å². The van der Waals surface area contributed by atoms with Crippen molar-refractivity contribution < 1.29 is 23.8 Å². The van der Waals surface area contributed by atoms with E-state index in [9.17, 15) is 14.7 Å². The van der Waals surface area contributed by atoms with E-state index in [1.807, 2.05) is 4.90 Å². The highest BCUT2D eigenvalue weighted by Crippen LogP contribution is 2.32. The summed E-state index contributed by atoms with van der Waals surface area (Å²) in [5.74, 6) is -0.415. The minimum Gasteiger partial charge on any atom is -0.478 e. The monoisotopic (exact) mass is 384 g/mol. The molecule has 8 heteroatoms. The lowest BCUT2D eigenvalue weighted by atomic mass is 10.1. The summed E-state index contributed by atoms with van der Waals surface area (Å²) in [7, 11) is 0. The molecule has 1 amide bonds. The van der Waals surface area contributed by atoms with Crippen LogP contribution in [0.15, 0.2) is 50.7 Å². The number of furan rings is 1. The van der Waals surface area contributed by atoms with Gasteiger partial charge in [0.15, 0.2) is 5.17 Å². The van der Waals surface area contributed by atoms with Crippen LogP contribution in [0.5, 0.6) is 0 Å². The first-order chi connectivity index (χ1) is 13.1. The van der Waals surface area contributed by atoms with E-state index in [1.54, 1.807) is 36.4 Å². The number of carboxylic acid groups (broad SMARTS) is 1. The fraction of sp³-hybridized carbons (Fsp3) is 0.211. The molecule has 0 saturated carbocycles. The second kappa shape index (κ2) is 7.42. The van der Waals surface area contributed by atoms with E-state index >= 15 is 0 Å². The number of carbonyl (C=O) groups excluding carboxylic acids is 1. The molecule has 3 heterocycles. The Morgan fingerprint density at radius 2 is 1.96 bits per heavy atom. The molecule has 0 unspecified atom stereocenters. The summed E-state index contributed by atoms with van der Waals surface area (Å²) in [4.78, 5) is 30.2. The van der Waals surface area contributed by atoms with E-state index in [4.69, 9.17) is 9.15 Å². The van der Waals surface area contributed by atoms with Gasteiger partial charge in [0.25, 0.3) is 5.91 Å². The van der Waals surface area contributed by atoms with Gasteiger partial charge in [-0.05, 0) is 30.0 Å². The van der Waals surface area contributed by atoms with Crippen molar-refractivity contribution in [3.63, 3.8) is 0 Å². The number of hydrogen-bond acceptors (Lipinski definition) is 6. The van der Waals surface area contributed by atoms with Gasteiger partial charge in [-0.2, -0.15) is 4.99 Å². The molecule has 0 bridgehead atoms. The second-order valence-electron chi connectivity index (χ2n) is 5.96. The van der Waals surface area contributed by atoms with Crippen LogP contribution < -0.4 is 0 Å². The van der Waals surface area contributed by atoms with E-state index in [1.165, 1.54) is 17.8 Å². The molecule has 2 aliphatic heterocycles. The van der Waals surface area contributed by atoms with E-state index in [-0.39, 0.29) is 11.5 Å². The quantitative estimate of drug-likeness (QED) is 0.813. The van der Waals surface area contributed by atoms with Gasteiger partial charge in [-0.1, -0.05) is 18.2 Å². The molecule has 4 rings (SSSR count). The van der Waals surface area contributed by atoms with Crippen LogP contribution in [0, 0.1) is 0 Å². The predicted octanol–water partition coefficient (Wildman–Crippen LogP) is 2.95. The minimum absolute atomic E-state index is 0.162. The summed E-state index contributed by atoms with van der Waals surface area (Å²) < 4.78 is 11.1. The van der Waals surface area contributed by atoms with Gasteiger partial charge < -0.3 is 19.2 Å². The summed E-state index contributed by atoms with van der Waals surface area (Å²) in [6.45, 7) is 2.67. The zero-order valence-corrected chi connectivity index (χ0v) is 15.1. The molecular weight excluding hydrogens is 368 g/mol. The maximum Gasteiger partial charge on any atom is 0.336 e. The van der Waals surface area contributed by atoms with E-state index < -0.39 is 5.97 Å². The van der Waals surface area contributed by atoms with Gasteiger partial charge >= 0.3 is 5.97 Å². The number of aliphatic imine (C=N–C) groups is 1. The Balaban J connectivity index is 1.55. The molecule has 0 aliphatic carbocycles. The number of carbonyl (C=O) groups is 2. The van der Waals surface area contributed by atoms with Crippen molar-refractivity contribution in [2.24, 2.45) is 4.99 Å². The number of benzene rings is 1. The molecule has 1 fully saturated rings. The Hall–Kier alpha value is -2.84.